The Balaban J connectivity index is 1.62. The molecule has 2 N–H and O–H groups in total. The molecule has 1 aliphatic heterocycles. The average Bonchev–Trinajstić information content (AvgIpc) is 2.99. The highest BCUT2D eigenvalue weighted by Gasteiger charge is 2.20. The van der Waals surface area contributed by atoms with Crippen molar-refractivity contribution in [3.05, 3.63) is 18.5 Å². The largest absolute Gasteiger partial charge is 0.481 e. The number of aliphatic carboxylic acids is 1. The molecule has 0 aromatic carbocycles. The molecular weight excluding hydrogens is 274 g/mol. The molecule has 8 heteroatoms. The van der Waals surface area contributed by atoms with Crippen LogP contribution in [-0.2, 0) is 11.3 Å². The zero-order valence-electron chi connectivity index (χ0n) is 11.9. The SMILES string of the molecule is O=C(O)CCN1CCN(C(=O)NCCn2cccn2)CC1. The van der Waals surface area contributed by atoms with Crippen LogP contribution in [0.25, 0.3) is 0 Å². The number of amides is 2. The summed E-state index contributed by atoms with van der Waals surface area (Å²) >= 11 is 0. The van der Waals surface area contributed by atoms with Crippen LogP contribution < -0.4 is 5.32 Å². The fourth-order valence-electron chi connectivity index (χ4n) is 2.25. The first kappa shape index (κ1) is 15.3. The number of aromatic nitrogens is 2. The summed E-state index contributed by atoms with van der Waals surface area (Å²) in [6, 6.07) is 1.78. The molecule has 8 nitrogen and oxygen atoms in total. The molecule has 2 heterocycles. The van der Waals surface area contributed by atoms with Gasteiger partial charge in [0.15, 0.2) is 0 Å². The fourth-order valence-corrected chi connectivity index (χ4v) is 2.25. The summed E-state index contributed by atoms with van der Waals surface area (Å²) < 4.78 is 1.77. The molecule has 0 atom stereocenters. The first-order valence-corrected chi connectivity index (χ1v) is 7.09. The van der Waals surface area contributed by atoms with Gasteiger partial charge in [-0.3, -0.25) is 14.4 Å². The zero-order valence-corrected chi connectivity index (χ0v) is 11.9. The second kappa shape index (κ2) is 7.63. The number of carboxylic acids is 1. The third kappa shape index (κ3) is 5.07. The van der Waals surface area contributed by atoms with Crippen molar-refractivity contribution in [2.45, 2.75) is 13.0 Å². The lowest BCUT2D eigenvalue weighted by molar-refractivity contribution is -0.137. The number of carbonyl (C=O) groups excluding carboxylic acids is 1. The molecule has 0 spiro atoms. The minimum absolute atomic E-state index is 0.0694. The topological polar surface area (TPSA) is 90.7 Å². The van der Waals surface area contributed by atoms with E-state index in [-0.39, 0.29) is 12.5 Å². The maximum Gasteiger partial charge on any atom is 0.317 e. The van der Waals surface area contributed by atoms with Crippen LogP contribution in [-0.4, -0.2) is 76.0 Å². The van der Waals surface area contributed by atoms with Gasteiger partial charge < -0.3 is 15.3 Å². The Labute approximate surface area is 123 Å². The van der Waals surface area contributed by atoms with Crippen molar-refractivity contribution in [2.24, 2.45) is 0 Å². The van der Waals surface area contributed by atoms with Gasteiger partial charge in [0.25, 0.3) is 0 Å². The molecule has 21 heavy (non-hydrogen) atoms. The predicted molar refractivity (Wildman–Crippen MR) is 75.9 cm³/mol. The van der Waals surface area contributed by atoms with Crippen molar-refractivity contribution in [3.63, 3.8) is 0 Å². The van der Waals surface area contributed by atoms with E-state index in [1.165, 1.54) is 0 Å². The first-order valence-electron chi connectivity index (χ1n) is 7.09. The highest BCUT2D eigenvalue weighted by Crippen LogP contribution is 2.02. The summed E-state index contributed by atoms with van der Waals surface area (Å²) in [6.07, 6.45) is 3.71. The lowest BCUT2D eigenvalue weighted by Gasteiger charge is -2.34. The third-order valence-electron chi connectivity index (χ3n) is 3.48. The van der Waals surface area contributed by atoms with Crippen LogP contribution >= 0.6 is 0 Å². The summed E-state index contributed by atoms with van der Waals surface area (Å²) in [4.78, 5) is 26.3. The maximum absolute atomic E-state index is 12.0. The van der Waals surface area contributed by atoms with Gasteiger partial charge in [0.1, 0.15) is 0 Å². The van der Waals surface area contributed by atoms with Gasteiger partial charge in [0.2, 0.25) is 0 Å². The lowest BCUT2D eigenvalue weighted by atomic mass is 10.3. The van der Waals surface area contributed by atoms with Gasteiger partial charge in [-0.1, -0.05) is 0 Å². The van der Waals surface area contributed by atoms with Crippen molar-refractivity contribution in [3.8, 4) is 0 Å². The molecule has 1 saturated heterocycles. The Bertz CT molecular complexity index is 454. The third-order valence-corrected chi connectivity index (χ3v) is 3.48. The summed E-state index contributed by atoms with van der Waals surface area (Å²) in [5.74, 6) is -0.784. The summed E-state index contributed by atoms with van der Waals surface area (Å²) in [7, 11) is 0. The van der Waals surface area contributed by atoms with Crippen LogP contribution in [0.4, 0.5) is 4.79 Å². The molecular formula is C13H21N5O3. The van der Waals surface area contributed by atoms with E-state index in [0.717, 1.165) is 13.1 Å². The van der Waals surface area contributed by atoms with Gasteiger partial charge in [-0.25, -0.2) is 4.79 Å². The van der Waals surface area contributed by atoms with Crippen molar-refractivity contribution in [2.75, 3.05) is 39.3 Å². The van der Waals surface area contributed by atoms with Gasteiger partial charge in [-0.15, -0.1) is 0 Å². The van der Waals surface area contributed by atoms with Gasteiger partial charge in [0, 0.05) is 51.7 Å². The normalized spacial score (nSPS) is 15.9. The first-order chi connectivity index (χ1) is 10.1. The molecule has 2 rings (SSSR count). The van der Waals surface area contributed by atoms with Crippen molar-refractivity contribution >= 4 is 12.0 Å². The van der Waals surface area contributed by atoms with Crippen LogP contribution in [0.15, 0.2) is 18.5 Å². The highest BCUT2D eigenvalue weighted by molar-refractivity contribution is 5.74. The van der Waals surface area contributed by atoms with E-state index in [4.69, 9.17) is 5.11 Å². The van der Waals surface area contributed by atoms with Gasteiger partial charge in [-0.2, -0.15) is 5.10 Å². The van der Waals surface area contributed by atoms with Crippen LogP contribution in [0, 0.1) is 0 Å². The number of nitrogens with zero attached hydrogens (tertiary/aromatic N) is 4. The van der Waals surface area contributed by atoms with E-state index < -0.39 is 5.97 Å². The van der Waals surface area contributed by atoms with E-state index in [9.17, 15) is 9.59 Å². The molecule has 1 fully saturated rings. The Kier molecular flexibility index (Phi) is 5.56. The van der Waals surface area contributed by atoms with E-state index in [0.29, 0.717) is 32.7 Å². The minimum Gasteiger partial charge on any atom is -0.481 e. The Morgan fingerprint density at radius 3 is 2.57 bits per heavy atom. The minimum atomic E-state index is -0.784. The predicted octanol–water partition coefficient (Wildman–Crippen LogP) is -0.315. The number of hydrogen-bond acceptors (Lipinski definition) is 4. The van der Waals surface area contributed by atoms with E-state index in [1.807, 2.05) is 12.3 Å². The van der Waals surface area contributed by atoms with Crippen molar-refractivity contribution in [1.82, 2.24) is 24.9 Å². The molecule has 2 amide bonds. The van der Waals surface area contributed by atoms with E-state index >= 15 is 0 Å². The Morgan fingerprint density at radius 2 is 1.95 bits per heavy atom. The second-order valence-corrected chi connectivity index (χ2v) is 4.97. The zero-order chi connectivity index (χ0) is 15.1. The number of carboxylic acid groups (broad SMARTS) is 1. The fraction of sp³-hybridized carbons (Fsp3) is 0.615. The quantitative estimate of drug-likeness (QED) is 0.751. The van der Waals surface area contributed by atoms with Gasteiger partial charge in [0.05, 0.1) is 13.0 Å². The van der Waals surface area contributed by atoms with Gasteiger partial charge in [-0.05, 0) is 6.07 Å². The molecule has 0 bridgehead atoms. The average molecular weight is 295 g/mol. The van der Waals surface area contributed by atoms with Gasteiger partial charge >= 0.3 is 12.0 Å². The maximum atomic E-state index is 12.0. The van der Waals surface area contributed by atoms with Crippen LogP contribution in [0.1, 0.15) is 6.42 Å². The lowest BCUT2D eigenvalue weighted by Crippen LogP contribution is -2.52. The van der Waals surface area contributed by atoms with Crippen LogP contribution in [0.5, 0.6) is 0 Å². The monoisotopic (exact) mass is 295 g/mol. The summed E-state index contributed by atoms with van der Waals surface area (Å²) in [5, 5.41) is 15.6. The molecule has 1 aliphatic rings. The molecule has 1 aromatic heterocycles. The molecule has 1 aromatic rings. The van der Waals surface area contributed by atoms with Crippen LogP contribution in [0.3, 0.4) is 0 Å². The number of hydrogen-bond donors (Lipinski definition) is 2. The second-order valence-electron chi connectivity index (χ2n) is 4.97. The van der Waals surface area contributed by atoms with Crippen molar-refractivity contribution in [1.29, 1.82) is 0 Å². The number of piperazine rings is 1. The highest BCUT2D eigenvalue weighted by atomic mass is 16.4. The number of urea groups is 1. The molecule has 0 radical (unpaired) electrons. The van der Waals surface area contributed by atoms with E-state index in [2.05, 4.69) is 15.3 Å². The summed E-state index contributed by atoms with van der Waals surface area (Å²) in [5.41, 5.74) is 0. The smallest absolute Gasteiger partial charge is 0.317 e. The molecule has 0 saturated carbocycles. The summed E-state index contributed by atoms with van der Waals surface area (Å²) in [6.45, 7) is 4.45. The standard InChI is InChI=1S/C13H21N5O3/c19-12(20)2-6-16-8-10-17(11-9-16)13(21)14-4-7-18-5-1-3-15-18/h1,3,5H,2,4,6-11H2,(H,14,21)(H,19,20). The molecule has 0 unspecified atom stereocenters. The Hall–Kier alpha value is -2.09. The van der Waals surface area contributed by atoms with E-state index in [1.54, 1.807) is 15.8 Å². The van der Waals surface area contributed by atoms with Crippen LogP contribution in [0.2, 0.25) is 0 Å². The van der Waals surface area contributed by atoms with Crippen molar-refractivity contribution < 1.29 is 14.7 Å². The molecule has 116 valence electrons. The Morgan fingerprint density at radius 1 is 1.19 bits per heavy atom. The number of rotatable bonds is 6. The molecule has 0 aliphatic carbocycles. The number of carbonyl (C=O) groups is 2. The number of nitrogens with one attached hydrogen (secondary N) is 1.